The fourth-order valence-corrected chi connectivity index (χ4v) is 1.77. The van der Waals surface area contributed by atoms with Crippen LogP contribution in [0.3, 0.4) is 0 Å². The van der Waals surface area contributed by atoms with E-state index in [9.17, 15) is 4.79 Å². The summed E-state index contributed by atoms with van der Waals surface area (Å²) in [6, 6.07) is 11.2. The quantitative estimate of drug-likeness (QED) is 0.759. The van der Waals surface area contributed by atoms with Crippen LogP contribution in [-0.2, 0) is 0 Å². The fourth-order valence-electron chi connectivity index (χ4n) is 1.66. The van der Waals surface area contributed by atoms with Crippen molar-refractivity contribution in [1.82, 2.24) is 0 Å². The van der Waals surface area contributed by atoms with Gasteiger partial charge in [0, 0.05) is 10.9 Å². The molecular formula is C13H11ClO2. The van der Waals surface area contributed by atoms with E-state index < -0.39 is 5.24 Å². The van der Waals surface area contributed by atoms with Crippen molar-refractivity contribution in [2.75, 3.05) is 6.61 Å². The maximum atomic E-state index is 11.2. The van der Waals surface area contributed by atoms with Gasteiger partial charge in [0.15, 0.2) is 0 Å². The Morgan fingerprint density at radius 3 is 2.75 bits per heavy atom. The van der Waals surface area contributed by atoms with Crippen LogP contribution in [0.4, 0.5) is 0 Å². The molecule has 2 aromatic carbocycles. The Balaban J connectivity index is 2.68. The van der Waals surface area contributed by atoms with Gasteiger partial charge >= 0.3 is 0 Å². The van der Waals surface area contributed by atoms with Crippen molar-refractivity contribution in [2.45, 2.75) is 6.92 Å². The molecule has 0 aliphatic carbocycles. The van der Waals surface area contributed by atoms with Gasteiger partial charge in [0.1, 0.15) is 5.75 Å². The molecule has 0 unspecified atom stereocenters. The lowest BCUT2D eigenvalue weighted by Crippen LogP contribution is -1.96. The van der Waals surface area contributed by atoms with Crippen LogP contribution in [0.2, 0.25) is 0 Å². The topological polar surface area (TPSA) is 26.3 Å². The summed E-state index contributed by atoms with van der Waals surface area (Å²) in [5, 5.41) is 1.48. The normalized spacial score (nSPS) is 10.4. The van der Waals surface area contributed by atoms with Crippen molar-refractivity contribution in [3.05, 3.63) is 42.0 Å². The second-order valence-corrected chi connectivity index (χ2v) is 3.75. The number of carbonyl (C=O) groups excluding carboxylic acids is 1. The third-order valence-corrected chi connectivity index (χ3v) is 2.57. The van der Waals surface area contributed by atoms with Crippen LogP contribution in [0.25, 0.3) is 10.8 Å². The fraction of sp³-hybridized carbons (Fsp3) is 0.154. The first kappa shape index (κ1) is 11.0. The van der Waals surface area contributed by atoms with Crippen LogP contribution < -0.4 is 4.74 Å². The number of hydrogen-bond acceptors (Lipinski definition) is 2. The molecule has 16 heavy (non-hydrogen) atoms. The van der Waals surface area contributed by atoms with Crippen molar-refractivity contribution in [2.24, 2.45) is 0 Å². The van der Waals surface area contributed by atoms with E-state index in [2.05, 4.69) is 0 Å². The van der Waals surface area contributed by atoms with Gasteiger partial charge in [0.25, 0.3) is 5.24 Å². The molecule has 3 heteroatoms. The lowest BCUT2D eigenvalue weighted by atomic mass is 10.1. The number of hydrogen-bond donors (Lipinski definition) is 0. The average molecular weight is 235 g/mol. The molecule has 0 N–H and O–H groups in total. The van der Waals surface area contributed by atoms with Gasteiger partial charge in [-0.05, 0) is 36.0 Å². The number of ether oxygens (including phenoxy) is 1. The Hall–Kier alpha value is -1.54. The van der Waals surface area contributed by atoms with Crippen molar-refractivity contribution >= 4 is 27.6 Å². The summed E-state index contributed by atoms with van der Waals surface area (Å²) in [6.45, 7) is 2.47. The molecule has 0 amide bonds. The van der Waals surface area contributed by atoms with Crippen LogP contribution in [0.1, 0.15) is 17.3 Å². The summed E-state index contributed by atoms with van der Waals surface area (Å²) in [4.78, 5) is 11.2. The van der Waals surface area contributed by atoms with E-state index in [1.54, 1.807) is 12.1 Å². The first-order valence-corrected chi connectivity index (χ1v) is 5.45. The van der Waals surface area contributed by atoms with Gasteiger partial charge in [-0.25, -0.2) is 0 Å². The van der Waals surface area contributed by atoms with Crippen LogP contribution in [-0.4, -0.2) is 11.8 Å². The van der Waals surface area contributed by atoms with Gasteiger partial charge in [-0.15, -0.1) is 0 Å². The van der Waals surface area contributed by atoms with Gasteiger partial charge in [-0.3, -0.25) is 4.79 Å². The summed E-state index contributed by atoms with van der Waals surface area (Å²) in [6.07, 6.45) is 0. The Labute approximate surface area is 98.8 Å². The molecule has 0 aromatic heterocycles. The molecule has 0 atom stereocenters. The minimum absolute atomic E-state index is 0.462. The smallest absolute Gasteiger partial charge is 0.252 e. The third-order valence-electron chi connectivity index (χ3n) is 2.35. The maximum absolute atomic E-state index is 11.2. The van der Waals surface area contributed by atoms with Crippen molar-refractivity contribution in [3.63, 3.8) is 0 Å². The molecule has 2 aromatic rings. The standard InChI is InChI=1S/C13H11ClO2/c1-2-16-12-8-10(13(14)15)7-9-5-3-4-6-11(9)12/h3-8H,2H2,1H3. The molecule has 0 heterocycles. The van der Waals surface area contributed by atoms with Gasteiger partial charge in [-0.2, -0.15) is 0 Å². The first-order chi connectivity index (χ1) is 7.72. The molecule has 0 fully saturated rings. The monoisotopic (exact) mass is 234 g/mol. The summed E-state index contributed by atoms with van der Waals surface area (Å²) >= 11 is 5.48. The predicted molar refractivity (Wildman–Crippen MR) is 65.3 cm³/mol. The van der Waals surface area contributed by atoms with E-state index in [1.165, 1.54) is 0 Å². The van der Waals surface area contributed by atoms with Gasteiger partial charge in [0.2, 0.25) is 0 Å². The van der Waals surface area contributed by atoms with Crippen molar-refractivity contribution in [3.8, 4) is 5.75 Å². The number of carbonyl (C=O) groups is 1. The molecule has 0 saturated heterocycles. The minimum Gasteiger partial charge on any atom is -0.493 e. The summed E-state index contributed by atoms with van der Waals surface area (Å²) in [5.74, 6) is 0.699. The van der Waals surface area contributed by atoms with E-state index in [4.69, 9.17) is 16.3 Å². The van der Waals surface area contributed by atoms with Crippen molar-refractivity contribution in [1.29, 1.82) is 0 Å². The summed E-state index contributed by atoms with van der Waals surface area (Å²) in [7, 11) is 0. The Bertz CT molecular complexity index is 534. The molecule has 0 spiro atoms. The largest absolute Gasteiger partial charge is 0.493 e. The first-order valence-electron chi connectivity index (χ1n) is 5.08. The second-order valence-electron chi connectivity index (χ2n) is 3.40. The molecular weight excluding hydrogens is 224 g/mol. The zero-order valence-electron chi connectivity index (χ0n) is 8.87. The molecule has 0 bridgehead atoms. The highest BCUT2D eigenvalue weighted by atomic mass is 35.5. The van der Waals surface area contributed by atoms with Crippen LogP contribution >= 0.6 is 11.6 Å². The second kappa shape index (κ2) is 4.54. The van der Waals surface area contributed by atoms with Gasteiger partial charge in [0.05, 0.1) is 6.61 Å². The highest BCUT2D eigenvalue weighted by Gasteiger charge is 2.08. The molecule has 0 saturated carbocycles. The van der Waals surface area contributed by atoms with E-state index >= 15 is 0 Å². The summed E-state index contributed by atoms with van der Waals surface area (Å²) < 4.78 is 5.50. The Morgan fingerprint density at radius 1 is 1.31 bits per heavy atom. The van der Waals surface area contributed by atoms with E-state index in [0.29, 0.717) is 17.9 Å². The Morgan fingerprint density at radius 2 is 2.06 bits per heavy atom. The van der Waals surface area contributed by atoms with Gasteiger partial charge < -0.3 is 4.74 Å². The van der Waals surface area contributed by atoms with Crippen LogP contribution in [0.5, 0.6) is 5.75 Å². The third kappa shape index (κ3) is 2.02. The van der Waals surface area contributed by atoms with E-state index in [0.717, 1.165) is 10.8 Å². The van der Waals surface area contributed by atoms with Crippen LogP contribution in [0.15, 0.2) is 36.4 Å². The summed E-state index contributed by atoms with van der Waals surface area (Å²) in [5.41, 5.74) is 0.462. The number of benzene rings is 2. The average Bonchev–Trinajstić information content (AvgIpc) is 2.29. The maximum Gasteiger partial charge on any atom is 0.252 e. The SMILES string of the molecule is CCOc1cc(C(=O)Cl)cc2ccccc12. The molecule has 2 rings (SSSR count). The van der Waals surface area contributed by atoms with E-state index in [-0.39, 0.29) is 0 Å². The molecule has 2 nitrogen and oxygen atoms in total. The Kier molecular flexibility index (Phi) is 3.11. The zero-order valence-corrected chi connectivity index (χ0v) is 9.62. The number of fused-ring (bicyclic) bond motifs is 1. The number of halogens is 1. The zero-order chi connectivity index (χ0) is 11.5. The predicted octanol–water partition coefficient (Wildman–Crippen LogP) is 3.62. The van der Waals surface area contributed by atoms with E-state index in [1.807, 2.05) is 31.2 Å². The van der Waals surface area contributed by atoms with Crippen molar-refractivity contribution < 1.29 is 9.53 Å². The molecule has 82 valence electrons. The van der Waals surface area contributed by atoms with Crippen LogP contribution in [0, 0.1) is 0 Å². The molecule has 0 radical (unpaired) electrons. The van der Waals surface area contributed by atoms with Gasteiger partial charge in [-0.1, -0.05) is 24.3 Å². The highest BCUT2D eigenvalue weighted by molar-refractivity contribution is 6.67. The number of rotatable bonds is 3. The molecule has 0 aliphatic rings. The minimum atomic E-state index is -0.466. The lowest BCUT2D eigenvalue weighted by Gasteiger charge is -2.08. The highest BCUT2D eigenvalue weighted by Crippen LogP contribution is 2.28. The molecule has 0 aliphatic heterocycles. The lowest BCUT2D eigenvalue weighted by molar-refractivity contribution is 0.108.